The molecule has 1 aliphatic rings. The summed E-state index contributed by atoms with van der Waals surface area (Å²) in [5, 5.41) is 5.82. The van der Waals surface area contributed by atoms with Gasteiger partial charge < -0.3 is 10.6 Å². The third-order valence-electron chi connectivity index (χ3n) is 2.59. The van der Waals surface area contributed by atoms with E-state index in [9.17, 15) is 9.18 Å². The first-order valence-electron chi connectivity index (χ1n) is 5.14. The molecule has 86 valence electrons. The minimum atomic E-state index is -0.570. The third kappa shape index (κ3) is 2.33. The van der Waals surface area contributed by atoms with Crippen LogP contribution in [0.5, 0.6) is 0 Å². The quantitative estimate of drug-likeness (QED) is 0.827. The Kier molecular flexibility index (Phi) is 3.41. The zero-order valence-corrected chi connectivity index (χ0v) is 9.35. The summed E-state index contributed by atoms with van der Waals surface area (Å²) in [6.45, 7) is 1.64. The molecule has 1 amide bonds. The monoisotopic (exact) mass is 242 g/mol. The van der Waals surface area contributed by atoms with E-state index in [4.69, 9.17) is 11.6 Å². The number of hydrogen-bond acceptors (Lipinski definition) is 2. The molecule has 0 bridgehead atoms. The van der Waals surface area contributed by atoms with Gasteiger partial charge in [0.15, 0.2) is 0 Å². The molecule has 5 heteroatoms. The first-order chi connectivity index (χ1) is 7.68. The minimum absolute atomic E-state index is 0.104. The summed E-state index contributed by atoms with van der Waals surface area (Å²) in [6, 6.07) is 4.33. The fourth-order valence-electron chi connectivity index (χ4n) is 1.72. The molecule has 0 aliphatic carbocycles. The van der Waals surface area contributed by atoms with Crippen LogP contribution >= 0.6 is 11.6 Å². The van der Waals surface area contributed by atoms with Gasteiger partial charge in [-0.15, -0.1) is 0 Å². The van der Waals surface area contributed by atoms with Gasteiger partial charge >= 0.3 is 0 Å². The Morgan fingerprint density at radius 3 is 3.06 bits per heavy atom. The summed E-state index contributed by atoms with van der Waals surface area (Å²) in [5.74, 6) is -0.892. The van der Waals surface area contributed by atoms with E-state index < -0.39 is 5.82 Å². The van der Waals surface area contributed by atoms with Gasteiger partial charge in [-0.05, 0) is 25.1 Å². The highest BCUT2D eigenvalue weighted by molar-refractivity contribution is 6.34. The molecule has 0 saturated carbocycles. The smallest absolute Gasteiger partial charge is 0.253 e. The molecule has 1 fully saturated rings. The van der Waals surface area contributed by atoms with Crippen molar-refractivity contribution in [2.75, 3.05) is 13.1 Å². The van der Waals surface area contributed by atoms with E-state index in [1.807, 2.05) is 0 Å². The lowest BCUT2D eigenvalue weighted by atomic mass is 10.2. The Labute approximate surface area is 98.0 Å². The van der Waals surface area contributed by atoms with Gasteiger partial charge in [-0.25, -0.2) is 4.39 Å². The van der Waals surface area contributed by atoms with Crippen molar-refractivity contribution in [1.29, 1.82) is 0 Å². The first-order valence-corrected chi connectivity index (χ1v) is 5.52. The number of benzene rings is 1. The average molecular weight is 243 g/mol. The molecule has 2 rings (SSSR count). The van der Waals surface area contributed by atoms with Gasteiger partial charge in [0.2, 0.25) is 0 Å². The molecule has 0 radical (unpaired) electrons. The lowest BCUT2D eigenvalue weighted by molar-refractivity contribution is 0.0940. The molecule has 0 aromatic heterocycles. The fourth-order valence-corrected chi connectivity index (χ4v) is 1.93. The zero-order valence-electron chi connectivity index (χ0n) is 8.59. The van der Waals surface area contributed by atoms with Gasteiger partial charge in [-0.3, -0.25) is 4.79 Å². The van der Waals surface area contributed by atoms with Gasteiger partial charge in [0, 0.05) is 12.6 Å². The second-order valence-electron chi connectivity index (χ2n) is 3.76. The van der Waals surface area contributed by atoms with Gasteiger partial charge in [0.05, 0.1) is 10.6 Å². The molecular formula is C11H12ClFN2O. The molecule has 1 aromatic carbocycles. The maximum absolute atomic E-state index is 13.1. The van der Waals surface area contributed by atoms with Crippen LogP contribution in [0, 0.1) is 5.82 Å². The van der Waals surface area contributed by atoms with Crippen LogP contribution in [0.25, 0.3) is 0 Å². The number of carbonyl (C=O) groups excluding carboxylic acids is 1. The molecule has 0 unspecified atom stereocenters. The second kappa shape index (κ2) is 4.80. The maximum atomic E-state index is 13.1. The summed E-state index contributed by atoms with van der Waals surface area (Å²) >= 11 is 5.72. The van der Waals surface area contributed by atoms with E-state index in [0.29, 0.717) is 0 Å². The van der Waals surface area contributed by atoms with Crippen LogP contribution < -0.4 is 10.6 Å². The summed E-state index contributed by atoms with van der Waals surface area (Å²) in [6.07, 6.45) is 0.888. The van der Waals surface area contributed by atoms with Crippen LogP contribution in [0.15, 0.2) is 18.2 Å². The Morgan fingerprint density at radius 1 is 1.56 bits per heavy atom. The first kappa shape index (κ1) is 11.4. The third-order valence-corrected chi connectivity index (χ3v) is 2.98. The predicted molar refractivity (Wildman–Crippen MR) is 60.2 cm³/mol. The van der Waals surface area contributed by atoms with E-state index in [2.05, 4.69) is 10.6 Å². The van der Waals surface area contributed by atoms with Gasteiger partial charge in [0.25, 0.3) is 5.91 Å². The molecule has 1 heterocycles. The number of amides is 1. The van der Waals surface area contributed by atoms with E-state index in [0.717, 1.165) is 19.5 Å². The number of carbonyl (C=O) groups is 1. The Hall–Kier alpha value is -1.13. The van der Waals surface area contributed by atoms with Crippen LogP contribution in [0.4, 0.5) is 4.39 Å². The Balaban J connectivity index is 2.11. The van der Waals surface area contributed by atoms with Crippen molar-refractivity contribution in [3.05, 3.63) is 34.6 Å². The topological polar surface area (TPSA) is 41.1 Å². The lowest BCUT2D eigenvalue weighted by Crippen LogP contribution is -2.36. The molecule has 1 aliphatic heterocycles. The van der Waals surface area contributed by atoms with Crippen molar-refractivity contribution < 1.29 is 9.18 Å². The molecule has 0 spiro atoms. The standard InChI is InChI=1S/C11H12ClFN2O/c12-10-8(2-1-3-9(10)13)11(16)15-7-4-5-14-6-7/h1-3,7,14H,4-6H2,(H,15,16)/t7-/m0/s1. The molecule has 16 heavy (non-hydrogen) atoms. The summed E-state index contributed by atoms with van der Waals surface area (Å²) < 4.78 is 13.1. The molecule has 1 atom stereocenters. The van der Waals surface area contributed by atoms with Crippen molar-refractivity contribution >= 4 is 17.5 Å². The second-order valence-corrected chi connectivity index (χ2v) is 4.14. The van der Waals surface area contributed by atoms with Crippen molar-refractivity contribution in [2.45, 2.75) is 12.5 Å². The highest BCUT2D eigenvalue weighted by Gasteiger charge is 2.19. The van der Waals surface area contributed by atoms with Gasteiger partial charge in [-0.2, -0.15) is 0 Å². The summed E-state index contributed by atoms with van der Waals surface area (Å²) in [4.78, 5) is 11.8. The largest absolute Gasteiger partial charge is 0.348 e. The van der Waals surface area contributed by atoms with Crippen molar-refractivity contribution in [2.24, 2.45) is 0 Å². The van der Waals surface area contributed by atoms with E-state index in [1.54, 1.807) is 0 Å². The Morgan fingerprint density at radius 2 is 2.38 bits per heavy atom. The maximum Gasteiger partial charge on any atom is 0.253 e. The van der Waals surface area contributed by atoms with E-state index >= 15 is 0 Å². The van der Waals surface area contributed by atoms with E-state index in [1.165, 1.54) is 18.2 Å². The van der Waals surface area contributed by atoms with Gasteiger partial charge in [0.1, 0.15) is 5.82 Å². The summed E-state index contributed by atoms with van der Waals surface area (Å²) in [7, 11) is 0. The molecule has 1 saturated heterocycles. The minimum Gasteiger partial charge on any atom is -0.348 e. The molecule has 3 nitrogen and oxygen atoms in total. The van der Waals surface area contributed by atoms with E-state index in [-0.39, 0.29) is 22.5 Å². The van der Waals surface area contributed by atoms with Crippen molar-refractivity contribution in [3.63, 3.8) is 0 Å². The number of halogens is 2. The summed E-state index contributed by atoms with van der Waals surface area (Å²) in [5.41, 5.74) is 0.188. The van der Waals surface area contributed by atoms with Gasteiger partial charge in [-0.1, -0.05) is 17.7 Å². The van der Waals surface area contributed by atoms with Crippen LogP contribution in [0.2, 0.25) is 5.02 Å². The molecule has 1 aromatic rings. The SMILES string of the molecule is O=C(N[C@H]1CCNC1)c1cccc(F)c1Cl. The van der Waals surface area contributed by atoms with Crippen LogP contribution in [0.1, 0.15) is 16.8 Å². The van der Waals surface area contributed by atoms with Crippen LogP contribution in [-0.2, 0) is 0 Å². The lowest BCUT2D eigenvalue weighted by Gasteiger charge is -2.12. The zero-order chi connectivity index (χ0) is 11.5. The number of rotatable bonds is 2. The number of nitrogens with one attached hydrogen (secondary N) is 2. The Bertz CT molecular complexity index is 405. The number of hydrogen-bond donors (Lipinski definition) is 2. The fraction of sp³-hybridized carbons (Fsp3) is 0.364. The average Bonchev–Trinajstić information content (AvgIpc) is 2.74. The van der Waals surface area contributed by atoms with Crippen LogP contribution in [0.3, 0.4) is 0 Å². The highest BCUT2D eigenvalue weighted by atomic mass is 35.5. The predicted octanol–water partition coefficient (Wildman–Crippen LogP) is 1.57. The normalized spacial score (nSPS) is 19.8. The molecule has 2 N–H and O–H groups in total. The van der Waals surface area contributed by atoms with Crippen molar-refractivity contribution in [1.82, 2.24) is 10.6 Å². The van der Waals surface area contributed by atoms with Crippen molar-refractivity contribution in [3.8, 4) is 0 Å². The molecular weight excluding hydrogens is 231 g/mol. The highest BCUT2D eigenvalue weighted by Crippen LogP contribution is 2.19. The van der Waals surface area contributed by atoms with Crippen LogP contribution in [-0.4, -0.2) is 25.0 Å².